The Kier molecular flexibility index (Phi) is 4.97. The molecular formula is C16H16BrFO. The van der Waals surface area contributed by atoms with Crippen molar-refractivity contribution in [3.8, 4) is 5.75 Å². The summed E-state index contributed by atoms with van der Waals surface area (Å²) in [5.41, 5.74) is 2.12. The van der Waals surface area contributed by atoms with E-state index in [1.807, 2.05) is 18.2 Å². The highest BCUT2D eigenvalue weighted by Gasteiger charge is 2.01. The van der Waals surface area contributed by atoms with Crippen molar-refractivity contribution in [2.45, 2.75) is 26.4 Å². The molecule has 0 aliphatic heterocycles. The SMILES string of the molecule is CCCc1ccc(OCc2cc(F)cc(Br)c2)cc1. The number of hydrogen-bond donors (Lipinski definition) is 0. The molecule has 0 atom stereocenters. The molecular weight excluding hydrogens is 307 g/mol. The van der Waals surface area contributed by atoms with E-state index < -0.39 is 0 Å². The molecule has 0 aromatic heterocycles. The lowest BCUT2D eigenvalue weighted by atomic mass is 10.1. The van der Waals surface area contributed by atoms with Gasteiger partial charge in [0.25, 0.3) is 0 Å². The molecule has 19 heavy (non-hydrogen) atoms. The molecule has 0 saturated carbocycles. The van der Waals surface area contributed by atoms with Gasteiger partial charge in [0.2, 0.25) is 0 Å². The minimum Gasteiger partial charge on any atom is -0.489 e. The highest BCUT2D eigenvalue weighted by atomic mass is 79.9. The quantitative estimate of drug-likeness (QED) is 0.742. The van der Waals surface area contributed by atoms with Gasteiger partial charge in [-0.25, -0.2) is 4.39 Å². The number of ether oxygens (including phenoxy) is 1. The number of hydrogen-bond acceptors (Lipinski definition) is 1. The summed E-state index contributed by atoms with van der Waals surface area (Å²) in [6.45, 7) is 2.52. The Balaban J connectivity index is 1.98. The molecule has 0 amide bonds. The van der Waals surface area contributed by atoms with E-state index in [1.165, 1.54) is 17.7 Å². The van der Waals surface area contributed by atoms with Crippen LogP contribution in [0.25, 0.3) is 0 Å². The number of halogens is 2. The maximum atomic E-state index is 13.2. The van der Waals surface area contributed by atoms with Crippen LogP contribution in [0.4, 0.5) is 4.39 Å². The summed E-state index contributed by atoms with van der Waals surface area (Å²) in [5.74, 6) is 0.548. The van der Waals surface area contributed by atoms with Crippen molar-refractivity contribution in [2.75, 3.05) is 0 Å². The van der Waals surface area contributed by atoms with Crippen LogP contribution in [0.1, 0.15) is 24.5 Å². The Bertz CT molecular complexity index is 517. The van der Waals surface area contributed by atoms with Crippen LogP contribution >= 0.6 is 15.9 Å². The van der Waals surface area contributed by atoms with Crippen LogP contribution in [-0.4, -0.2) is 0 Å². The lowest BCUT2D eigenvalue weighted by molar-refractivity contribution is 0.305. The fourth-order valence-corrected chi connectivity index (χ4v) is 2.41. The van der Waals surface area contributed by atoms with Crippen molar-refractivity contribution in [3.63, 3.8) is 0 Å². The van der Waals surface area contributed by atoms with Gasteiger partial charge in [0.05, 0.1) is 0 Å². The van der Waals surface area contributed by atoms with Crippen LogP contribution in [0.5, 0.6) is 5.75 Å². The third-order valence-electron chi connectivity index (χ3n) is 2.79. The van der Waals surface area contributed by atoms with Gasteiger partial charge in [0.1, 0.15) is 18.2 Å². The second kappa shape index (κ2) is 6.71. The van der Waals surface area contributed by atoms with E-state index in [4.69, 9.17) is 4.74 Å². The van der Waals surface area contributed by atoms with Crippen molar-refractivity contribution in [1.82, 2.24) is 0 Å². The minimum absolute atomic E-state index is 0.258. The van der Waals surface area contributed by atoms with E-state index in [0.717, 1.165) is 28.6 Å². The summed E-state index contributed by atoms with van der Waals surface area (Å²) in [6, 6.07) is 12.8. The van der Waals surface area contributed by atoms with Crippen LogP contribution < -0.4 is 4.74 Å². The molecule has 2 aromatic rings. The van der Waals surface area contributed by atoms with E-state index in [0.29, 0.717) is 6.61 Å². The van der Waals surface area contributed by atoms with Gasteiger partial charge < -0.3 is 4.74 Å². The molecule has 3 heteroatoms. The summed E-state index contributed by atoms with van der Waals surface area (Å²) in [5, 5.41) is 0. The first-order valence-corrected chi connectivity index (χ1v) is 7.13. The largest absolute Gasteiger partial charge is 0.489 e. The zero-order chi connectivity index (χ0) is 13.7. The van der Waals surface area contributed by atoms with Crippen molar-refractivity contribution in [2.24, 2.45) is 0 Å². The molecule has 2 rings (SSSR count). The van der Waals surface area contributed by atoms with Gasteiger partial charge in [-0.2, -0.15) is 0 Å². The zero-order valence-electron chi connectivity index (χ0n) is 10.8. The molecule has 0 radical (unpaired) electrons. The van der Waals surface area contributed by atoms with Crippen molar-refractivity contribution in [3.05, 3.63) is 63.9 Å². The van der Waals surface area contributed by atoms with E-state index in [-0.39, 0.29) is 5.82 Å². The normalized spacial score (nSPS) is 10.5. The lowest BCUT2D eigenvalue weighted by Gasteiger charge is -2.08. The Morgan fingerprint density at radius 2 is 1.79 bits per heavy atom. The first-order chi connectivity index (χ1) is 9.17. The smallest absolute Gasteiger partial charge is 0.124 e. The van der Waals surface area contributed by atoms with Gasteiger partial charge in [-0.15, -0.1) is 0 Å². The number of benzene rings is 2. The fourth-order valence-electron chi connectivity index (χ4n) is 1.90. The van der Waals surface area contributed by atoms with E-state index in [9.17, 15) is 4.39 Å². The zero-order valence-corrected chi connectivity index (χ0v) is 12.4. The third kappa shape index (κ3) is 4.35. The predicted molar refractivity (Wildman–Crippen MR) is 78.9 cm³/mol. The summed E-state index contributed by atoms with van der Waals surface area (Å²) < 4.78 is 19.6. The molecule has 0 aliphatic rings. The van der Waals surface area contributed by atoms with E-state index in [2.05, 4.69) is 35.0 Å². The predicted octanol–water partition coefficient (Wildman–Crippen LogP) is 5.12. The van der Waals surface area contributed by atoms with Crippen LogP contribution in [0.15, 0.2) is 46.9 Å². The second-order valence-corrected chi connectivity index (χ2v) is 5.38. The molecule has 0 N–H and O–H groups in total. The average molecular weight is 323 g/mol. The van der Waals surface area contributed by atoms with Gasteiger partial charge in [-0.05, 0) is 47.9 Å². The highest BCUT2D eigenvalue weighted by molar-refractivity contribution is 9.10. The molecule has 0 bridgehead atoms. The average Bonchev–Trinajstić information content (AvgIpc) is 2.37. The fraction of sp³-hybridized carbons (Fsp3) is 0.250. The van der Waals surface area contributed by atoms with Crippen LogP contribution in [0.3, 0.4) is 0 Å². The summed E-state index contributed by atoms with van der Waals surface area (Å²) in [7, 11) is 0. The van der Waals surface area contributed by atoms with E-state index >= 15 is 0 Å². The summed E-state index contributed by atoms with van der Waals surface area (Å²) in [6.07, 6.45) is 2.22. The summed E-state index contributed by atoms with van der Waals surface area (Å²) in [4.78, 5) is 0. The Morgan fingerprint density at radius 1 is 1.05 bits per heavy atom. The van der Waals surface area contributed by atoms with Gasteiger partial charge in [0, 0.05) is 4.47 Å². The molecule has 0 unspecified atom stereocenters. The van der Waals surface area contributed by atoms with Gasteiger partial charge in [-0.3, -0.25) is 0 Å². The minimum atomic E-state index is -0.258. The molecule has 0 fully saturated rings. The van der Waals surface area contributed by atoms with Gasteiger partial charge >= 0.3 is 0 Å². The standard InChI is InChI=1S/C16H16BrFO/c1-2-3-12-4-6-16(7-5-12)19-11-13-8-14(17)10-15(18)9-13/h4-10H,2-3,11H2,1H3. The molecule has 0 saturated heterocycles. The monoisotopic (exact) mass is 322 g/mol. The number of aryl methyl sites for hydroxylation is 1. The maximum absolute atomic E-state index is 13.2. The van der Waals surface area contributed by atoms with Crippen molar-refractivity contribution < 1.29 is 9.13 Å². The Morgan fingerprint density at radius 3 is 2.42 bits per heavy atom. The molecule has 0 spiro atoms. The van der Waals surface area contributed by atoms with Gasteiger partial charge in [-0.1, -0.05) is 41.4 Å². The maximum Gasteiger partial charge on any atom is 0.124 e. The molecule has 2 aromatic carbocycles. The topological polar surface area (TPSA) is 9.23 Å². The van der Waals surface area contributed by atoms with Crippen LogP contribution in [0, 0.1) is 5.82 Å². The van der Waals surface area contributed by atoms with Crippen LogP contribution in [-0.2, 0) is 13.0 Å². The second-order valence-electron chi connectivity index (χ2n) is 4.46. The molecule has 1 nitrogen and oxygen atoms in total. The molecule has 0 heterocycles. The van der Waals surface area contributed by atoms with Gasteiger partial charge in [0.15, 0.2) is 0 Å². The van der Waals surface area contributed by atoms with Crippen molar-refractivity contribution >= 4 is 15.9 Å². The van der Waals surface area contributed by atoms with E-state index in [1.54, 1.807) is 0 Å². The van der Waals surface area contributed by atoms with Crippen molar-refractivity contribution in [1.29, 1.82) is 0 Å². The Hall–Kier alpha value is -1.35. The first-order valence-electron chi connectivity index (χ1n) is 6.34. The first kappa shape index (κ1) is 14.1. The highest BCUT2D eigenvalue weighted by Crippen LogP contribution is 2.18. The summed E-state index contributed by atoms with van der Waals surface area (Å²) >= 11 is 3.27. The number of rotatable bonds is 5. The Labute approximate surface area is 121 Å². The molecule has 100 valence electrons. The van der Waals surface area contributed by atoms with Crippen LogP contribution in [0.2, 0.25) is 0 Å². The lowest BCUT2D eigenvalue weighted by Crippen LogP contribution is -1.96. The third-order valence-corrected chi connectivity index (χ3v) is 3.25. The molecule has 0 aliphatic carbocycles.